The van der Waals surface area contributed by atoms with Crippen molar-refractivity contribution in [3.63, 3.8) is 0 Å². The van der Waals surface area contributed by atoms with Gasteiger partial charge in [0.05, 0.1) is 11.4 Å². The van der Waals surface area contributed by atoms with Crippen molar-refractivity contribution in [2.45, 2.75) is 12.3 Å². The van der Waals surface area contributed by atoms with Gasteiger partial charge >= 0.3 is 5.97 Å². The van der Waals surface area contributed by atoms with Gasteiger partial charge in [-0.2, -0.15) is 0 Å². The Balaban J connectivity index is 1.97. The van der Waals surface area contributed by atoms with E-state index in [1.54, 1.807) is 35.2 Å². The van der Waals surface area contributed by atoms with Crippen molar-refractivity contribution in [2.75, 3.05) is 5.32 Å². The van der Waals surface area contributed by atoms with Crippen LogP contribution in [0.5, 0.6) is 0 Å². The Morgan fingerprint density at radius 1 is 1.27 bits per heavy atom. The van der Waals surface area contributed by atoms with E-state index in [2.05, 4.69) is 10.3 Å². The minimum absolute atomic E-state index is 0.0527. The van der Waals surface area contributed by atoms with Crippen molar-refractivity contribution < 1.29 is 14.7 Å². The monoisotopic (exact) mass is 367 g/mol. The van der Waals surface area contributed by atoms with Crippen LogP contribution in [0, 0.1) is 0 Å². The predicted molar refractivity (Wildman–Crippen MR) is 97.1 cm³/mol. The van der Waals surface area contributed by atoms with Crippen LogP contribution in [0.1, 0.15) is 34.0 Å². The van der Waals surface area contributed by atoms with Crippen LogP contribution in [0.2, 0.25) is 5.02 Å². The lowest BCUT2D eigenvalue weighted by molar-refractivity contribution is -0.116. The van der Waals surface area contributed by atoms with Gasteiger partial charge in [0, 0.05) is 41.6 Å². The molecule has 1 aliphatic heterocycles. The molecule has 1 atom stereocenters. The zero-order chi connectivity index (χ0) is 18.3. The highest BCUT2D eigenvalue weighted by Gasteiger charge is 2.34. The van der Waals surface area contributed by atoms with Gasteiger partial charge in [-0.3, -0.25) is 9.78 Å². The number of amides is 1. The number of benzene rings is 1. The maximum absolute atomic E-state index is 12.2. The van der Waals surface area contributed by atoms with Gasteiger partial charge < -0.3 is 15.0 Å². The molecule has 1 unspecified atom stereocenters. The summed E-state index contributed by atoms with van der Waals surface area (Å²) in [4.78, 5) is 28.1. The number of nitrogens with zero attached hydrogens (tertiary/aromatic N) is 2. The molecule has 0 radical (unpaired) electrons. The maximum atomic E-state index is 12.2. The number of nitrogens with one attached hydrogen (secondary N) is 1. The Hall–Kier alpha value is -3.12. The number of carbonyl (C=O) groups excluding carboxylic acids is 1. The van der Waals surface area contributed by atoms with Gasteiger partial charge in [-0.25, -0.2) is 4.79 Å². The quantitative estimate of drug-likeness (QED) is 0.739. The molecule has 1 aromatic carbocycles. The highest BCUT2D eigenvalue weighted by molar-refractivity contribution is 6.30. The molecule has 1 amide bonds. The Morgan fingerprint density at radius 2 is 2.04 bits per heavy atom. The third kappa shape index (κ3) is 2.74. The van der Waals surface area contributed by atoms with Crippen LogP contribution in [0.15, 0.2) is 55.0 Å². The SMILES string of the molecule is O=C1CC(c2cccnc2)c2c(c(C(=O)O)cn2-c2ccc(Cl)cc2)N1. The number of halogens is 1. The summed E-state index contributed by atoms with van der Waals surface area (Å²) in [5, 5.41) is 12.9. The summed E-state index contributed by atoms with van der Waals surface area (Å²) < 4.78 is 1.80. The fourth-order valence-corrected chi connectivity index (χ4v) is 3.43. The van der Waals surface area contributed by atoms with E-state index < -0.39 is 5.97 Å². The van der Waals surface area contributed by atoms with Gasteiger partial charge in [0.2, 0.25) is 5.91 Å². The van der Waals surface area contributed by atoms with E-state index in [1.807, 2.05) is 18.2 Å². The summed E-state index contributed by atoms with van der Waals surface area (Å²) in [6, 6.07) is 10.8. The number of hydrogen-bond acceptors (Lipinski definition) is 3. The van der Waals surface area contributed by atoms with Crippen LogP contribution in [-0.2, 0) is 4.79 Å². The molecule has 4 rings (SSSR count). The minimum Gasteiger partial charge on any atom is -0.478 e. The summed E-state index contributed by atoms with van der Waals surface area (Å²) in [5.41, 5.74) is 2.73. The summed E-state index contributed by atoms with van der Waals surface area (Å²) in [6.07, 6.45) is 5.11. The second-order valence-corrected chi connectivity index (χ2v) is 6.48. The van der Waals surface area contributed by atoms with E-state index in [4.69, 9.17) is 11.6 Å². The molecule has 0 spiro atoms. The zero-order valence-corrected chi connectivity index (χ0v) is 14.3. The van der Waals surface area contributed by atoms with Crippen LogP contribution < -0.4 is 5.32 Å². The molecule has 0 fully saturated rings. The summed E-state index contributed by atoms with van der Waals surface area (Å²) in [5.74, 6) is -1.61. The van der Waals surface area contributed by atoms with Crippen molar-refractivity contribution in [2.24, 2.45) is 0 Å². The molecule has 130 valence electrons. The second-order valence-electron chi connectivity index (χ2n) is 6.05. The molecule has 2 N–H and O–H groups in total. The molecule has 6 nitrogen and oxygen atoms in total. The number of rotatable bonds is 3. The number of anilines is 1. The molecule has 0 bridgehead atoms. The molecular weight excluding hydrogens is 354 g/mol. The number of carboxylic acid groups (broad SMARTS) is 1. The molecular formula is C19H14ClN3O3. The number of hydrogen-bond donors (Lipinski definition) is 2. The summed E-state index contributed by atoms with van der Waals surface area (Å²) in [7, 11) is 0. The van der Waals surface area contributed by atoms with Gasteiger partial charge in [-0.15, -0.1) is 0 Å². The Labute approximate surface area is 154 Å². The number of carboxylic acids is 1. The smallest absolute Gasteiger partial charge is 0.339 e. The molecule has 3 aromatic rings. The summed E-state index contributed by atoms with van der Waals surface area (Å²) >= 11 is 5.97. The van der Waals surface area contributed by atoms with Crippen molar-refractivity contribution in [3.8, 4) is 5.69 Å². The molecule has 0 aliphatic carbocycles. The lowest BCUT2D eigenvalue weighted by Gasteiger charge is -2.26. The zero-order valence-electron chi connectivity index (χ0n) is 13.5. The predicted octanol–water partition coefficient (Wildman–Crippen LogP) is 3.70. The number of pyridine rings is 1. The van der Waals surface area contributed by atoms with E-state index >= 15 is 0 Å². The molecule has 26 heavy (non-hydrogen) atoms. The molecule has 3 heterocycles. The molecule has 7 heteroatoms. The van der Waals surface area contributed by atoms with E-state index in [0.29, 0.717) is 10.7 Å². The van der Waals surface area contributed by atoms with Gasteiger partial charge in [-0.05, 0) is 35.9 Å². The normalized spacial score (nSPS) is 16.0. The molecule has 0 saturated carbocycles. The fourth-order valence-electron chi connectivity index (χ4n) is 3.30. The Kier molecular flexibility index (Phi) is 3.97. The third-order valence-corrected chi connectivity index (χ3v) is 4.70. The van der Waals surface area contributed by atoms with E-state index in [1.165, 1.54) is 6.20 Å². The third-order valence-electron chi connectivity index (χ3n) is 4.45. The van der Waals surface area contributed by atoms with E-state index in [9.17, 15) is 14.7 Å². The van der Waals surface area contributed by atoms with E-state index in [-0.39, 0.29) is 23.8 Å². The van der Waals surface area contributed by atoms with Crippen molar-refractivity contribution in [3.05, 3.63) is 76.8 Å². The van der Waals surface area contributed by atoms with Gasteiger partial charge in [0.1, 0.15) is 5.56 Å². The number of fused-ring (bicyclic) bond motifs is 1. The number of aromatic nitrogens is 2. The van der Waals surface area contributed by atoms with Crippen LogP contribution in [0.3, 0.4) is 0 Å². The van der Waals surface area contributed by atoms with Crippen molar-refractivity contribution in [1.29, 1.82) is 0 Å². The summed E-state index contributed by atoms with van der Waals surface area (Å²) in [6.45, 7) is 0. The Bertz CT molecular complexity index is 997. The lowest BCUT2D eigenvalue weighted by atomic mass is 9.89. The maximum Gasteiger partial charge on any atom is 0.339 e. The highest BCUT2D eigenvalue weighted by atomic mass is 35.5. The van der Waals surface area contributed by atoms with Gasteiger partial charge in [0.15, 0.2) is 0 Å². The molecule has 2 aromatic heterocycles. The lowest BCUT2D eigenvalue weighted by Crippen LogP contribution is -2.25. The van der Waals surface area contributed by atoms with Crippen LogP contribution in [0.25, 0.3) is 5.69 Å². The second kappa shape index (κ2) is 6.31. The average molecular weight is 368 g/mol. The molecule has 1 aliphatic rings. The largest absolute Gasteiger partial charge is 0.478 e. The first-order valence-electron chi connectivity index (χ1n) is 7.99. The van der Waals surface area contributed by atoms with Gasteiger partial charge in [0.25, 0.3) is 0 Å². The first-order valence-corrected chi connectivity index (χ1v) is 8.36. The van der Waals surface area contributed by atoms with Gasteiger partial charge in [-0.1, -0.05) is 17.7 Å². The number of carbonyl (C=O) groups is 2. The van der Waals surface area contributed by atoms with Crippen LogP contribution in [0.4, 0.5) is 5.69 Å². The Morgan fingerprint density at radius 3 is 2.69 bits per heavy atom. The van der Waals surface area contributed by atoms with Crippen LogP contribution >= 0.6 is 11.6 Å². The van der Waals surface area contributed by atoms with E-state index in [0.717, 1.165) is 16.9 Å². The molecule has 0 saturated heterocycles. The first kappa shape index (κ1) is 16.4. The fraction of sp³-hybridized carbons (Fsp3) is 0.105. The standard InChI is InChI=1S/C19H14ClN3O3/c20-12-3-5-13(6-4-12)23-10-15(19(25)26)17-18(23)14(8-16(24)22-17)11-2-1-7-21-9-11/h1-7,9-10,14H,8H2,(H,22,24)(H,25,26). The van der Waals surface area contributed by atoms with Crippen LogP contribution in [-0.4, -0.2) is 26.5 Å². The first-order chi connectivity index (χ1) is 12.5. The highest BCUT2D eigenvalue weighted by Crippen LogP contribution is 2.41. The van der Waals surface area contributed by atoms with Crippen molar-refractivity contribution >= 4 is 29.2 Å². The topological polar surface area (TPSA) is 84.2 Å². The van der Waals surface area contributed by atoms with Crippen molar-refractivity contribution in [1.82, 2.24) is 9.55 Å². The average Bonchev–Trinajstić information content (AvgIpc) is 3.02. The number of aromatic carboxylic acids is 1. The minimum atomic E-state index is -1.10.